The van der Waals surface area contributed by atoms with Gasteiger partial charge in [0.05, 0.1) is 0 Å². The normalized spacial score (nSPS) is 18.9. The average Bonchev–Trinajstić information content (AvgIpc) is 3.02. The number of nitrogens with zero attached hydrogens (tertiary/aromatic N) is 1. The lowest BCUT2D eigenvalue weighted by Crippen LogP contribution is -2.44. The number of rotatable bonds is 3. The zero-order valence-electron chi connectivity index (χ0n) is 13.7. The second-order valence-electron chi connectivity index (χ2n) is 6.63. The van der Waals surface area contributed by atoms with Gasteiger partial charge >= 0.3 is 6.03 Å². The van der Waals surface area contributed by atoms with E-state index in [1.807, 2.05) is 29.2 Å². The molecule has 7 heteroatoms. The minimum Gasteiger partial charge on any atom is -0.352 e. The van der Waals surface area contributed by atoms with Crippen LogP contribution in [0, 0.1) is 5.41 Å². The van der Waals surface area contributed by atoms with Gasteiger partial charge in [-0.15, -0.1) is 12.4 Å². The molecular formula is C17H25ClN4O2. The van der Waals surface area contributed by atoms with Crippen LogP contribution in [0.2, 0.25) is 0 Å². The largest absolute Gasteiger partial charge is 0.352 e. The smallest absolute Gasteiger partial charge is 0.312 e. The molecule has 0 aliphatic carbocycles. The Morgan fingerprint density at radius 1 is 1.17 bits per heavy atom. The van der Waals surface area contributed by atoms with E-state index in [0.717, 1.165) is 44.6 Å². The maximum Gasteiger partial charge on any atom is 0.312 e. The number of piperidine rings is 1. The molecule has 0 atom stereocenters. The first-order valence-electron chi connectivity index (χ1n) is 8.20. The molecule has 3 amide bonds. The van der Waals surface area contributed by atoms with Gasteiger partial charge in [-0.1, -0.05) is 12.1 Å². The van der Waals surface area contributed by atoms with E-state index in [1.54, 1.807) is 0 Å². The molecule has 0 radical (unpaired) electrons. The summed E-state index contributed by atoms with van der Waals surface area (Å²) in [6, 6.07) is 6.81. The Bertz CT molecular complexity index is 575. The summed E-state index contributed by atoms with van der Waals surface area (Å²) in [7, 11) is 0. The van der Waals surface area contributed by atoms with Crippen molar-refractivity contribution < 1.29 is 9.59 Å². The second kappa shape index (κ2) is 7.85. The van der Waals surface area contributed by atoms with Crippen LogP contribution in [0.4, 0.5) is 4.79 Å². The summed E-state index contributed by atoms with van der Waals surface area (Å²) in [5.74, 6) is 0.0974. The van der Waals surface area contributed by atoms with E-state index in [-0.39, 0.29) is 18.3 Å². The van der Waals surface area contributed by atoms with Gasteiger partial charge in [-0.2, -0.15) is 0 Å². The van der Waals surface area contributed by atoms with E-state index in [9.17, 15) is 9.59 Å². The van der Waals surface area contributed by atoms with E-state index in [4.69, 9.17) is 5.73 Å². The van der Waals surface area contributed by atoms with Crippen molar-refractivity contribution in [1.29, 1.82) is 0 Å². The number of hydrogen-bond donors (Lipinski definition) is 3. The molecule has 2 fully saturated rings. The minimum absolute atomic E-state index is 0. The molecule has 1 spiro atoms. The quantitative estimate of drug-likeness (QED) is 0.770. The van der Waals surface area contributed by atoms with Gasteiger partial charge in [0.25, 0.3) is 5.91 Å². The maximum absolute atomic E-state index is 12.6. The highest BCUT2D eigenvalue weighted by Crippen LogP contribution is 2.37. The van der Waals surface area contributed by atoms with Crippen LogP contribution in [0.1, 0.15) is 35.2 Å². The van der Waals surface area contributed by atoms with Gasteiger partial charge in [-0.25, -0.2) is 4.79 Å². The monoisotopic (exact) mass is 352 g/mol. The molecule has 0 unspecified atom stereocenters. The predicted molar refractivity (Wildman–Crippen MR) is 95.2 cm³/mol. The molecule has 0 aromatic heterocycles. The lowest BCUT2D eigenvalue weighted by atomic mass is 9.78. The summed E-state index contributed by atoms with van der Waals surface area (Å²) >= 11 is 0. The molecule has 24 heavy (non-hydrogen) atoms. The van der Waals surface area contributed by atoms with E-state index in [0.29, 0.717) is 17.5 Å². The molecule has 132 valence electrons. The van der Waals surface area contributed by atoms with E-state index >= 15 is 0 Å². The molecule has 1 aromatic carbocycles. The van der Waals surface area contributed by atoms with Crippen molar-refractivity contribution in [2.24, 2.45) is 11.1 Å². The Kier molecular flexibility index (Phi) is 6.07. The predicted octanol–water partition coefficient (Wildman–Crippen LogP) is 1.49. The fourth-order valence-electron chi connectivity index (χ4n) is 3.54. The molecule has 2 aliphatic rings. The average molecular weight is 353 g/mol. The fraction of sp³-hybridized carbons (Fsp3) is 0.529. The summed E-state index contributed by atoms with van der Waals surface area (Å²) in [5.41, 5.74) is 7.10. The van der Waals surface area contributed by atoms with Gasteiger partial charge in [-0.05, 0) is 48.9 Å². The highest BCUT2D eigenvalue weighted by Gasteiger charge is 2.38. The first-order valence-corrected chi connectivity index (χ1v) is 8.20. The number of nitrogens with two attached hydrogens (primary N) is 1. The summed E-state index contributed by atoms with van der Waals surface area (Å²) in [6.07, 6.45) is 3.41. The summed E-state index contributed by atoms with van der Waals surface area (Å²) < 4.78 is 0. The fourth-order valence-corrected chi connectivity index (χ4v) is 3.54. The first kappa shape index (κ1) is 18.5. The van der Waals surface area contributed by atoms with E-state index in [1.165, 1.54) is 6.42 Å². The third kappa shape index (κ3) is 4.19. The molecule has 3 rings (SSSR count). The van der Waals surface area contributed by atoms with Crippen LogP contribution in [0.3, 0.4) is 0 Å². The van der Waals surface area contributed by atoms with Crippen LogP contribution in [-0.4, -0.2) is 43.0 Å². The third-order valence-corrected chi connectivity index (χ3v) is 5.11. The number of urea groups is 1. The number of carbonyl (C=O) groups is 2. The zero-order valence-corrected chi connectivity index (χ0v) is 14.5. The van der Waals surface area contributed by atoms with Crippen LogP contribution in [0.15, 0.2) is 24.3 Å². The molecule has 2 saturated heterocycles. The van der Waals surface area contributed by atoms with Gasteiger partial charge in [0.15, 0.2) is 0 Å². The van der Waals surface area contributed by atoms with E-state index < -0.39 is 6.03 Å². The van der Waals surface area contributed by atoms with E-state index in [2.05, 4.69) is 10.6 Å². The van der Waals surface area contributed by atoms with Crippen molar-refractivity contribution in [2.45, 2.75) is 25.8 Å². The molecule has 1 aromatic rings. The Morgan fingerprint density at radius 3 is 2.38 bits per heavy atom. The number of hydrogen-bond acceptors (Lipinski definition) is 3. The second-order valence-corrected chi connectivity index (χ2v) is 6.63. The van der Waals surface area contributed by atoms with Crippen LogP contribution in [0.5, 0.6) is 0 Å². The van der Waals surface area contributed by atoms with Gasteiger partial charge < -0.3 is 21.3 Å². The lowest BCUT2D eigenvalue weighted by molar-refractivity contribution is 0.0607. The van der Waals surface area contributed by atoms with Crippen LogP contribution in [-0.2, 0) is 6.54 Å². The Labute approximate surface area is 148 Å². The first-order chi connectivity index (χ1) is 11.1. The topological polar surface area (TPSA) is 87.5 Å². The molecule has 0 saturated carbocycles. The Hall–Kier alpha value is -1.79. The van der Waals surface area contributed by atoms with Crippen LogP contribution < -0.4 is 16.4 Å². The lowest BCUT2D eigenvalue weighted by Gasteiger charge is -2.38. The van der Waals surface area contributed by atoms with Crippen molar-refractivity contribution in [3.8, 4) is 0 Å². The Balaban J connectivity index is 0.00000208. The van der Waals surface area contributed by atoms with Crippen molar-refractivity contribution in [3.63, 3.8) is 0 Å². The number of carbonyl (C=O) groups excluding carboxylic acids is 2. The minimum atomic E-state index is -0.547. The van der Waals surface area contributed by atoms with Gasteiger partial charge in [0.2, 0.25) is 0 Å². The summed E-state index contributed by atoms with van der Waals surface area (Å²) in [4.78, 5) is 25.3. The number of likely N-dealkylation sites (tertiary alicyclic amines) is 1. The summed E-state index contributed by atoms with van der Waals surface area (Å²) in [5, 5.41) is 5.98. The summed E-state index contributed by atoms with van der Waals surface area (Å²) in [6.45, 7) is 4.26. The highest BCUT2D eigenvalue weighted by molar-refractivity contribution is 5.94. The standard InChI is InChI=1S/C17H24N4O2.ClH/c18-16(23)20-11-13-1-3-14(4-2-13)15(22)21-9-6-17(7-10-21)5-8-19-12-17;/h1-4,19H,5-12H2,(H3,18,20,23);1H. The molecule has 0 bridgehead atoms. The molecule has 2 heterocycles. The SMILES string of the molecule is Cl.NC(=O)NCc1ccc(C(=O)N2CCC3(CCNC3)CC2)cc1. The number of primary amides is 1. The van der Waals surface area contributed by atoms with Crippen LogP contribution in [0.25, 0.3) is 0 Å². The van der Waals surface area contributed by atoms with Gasteiger partial charge in [-0.3, -0.25) is 4.79 Å². The maximum atomic E-state index is 12.6. The number of nitrogens with one attached hydrogen (secondary N) is 2. The number of halogens is 1. The zero-order chi connectivity index (χ0) is 16.3. The van der Waals surface area contributed by atoms with Crippen molar-refractivity contribution in [3.05, 3.63) is 35.4 Å². The van der Waals surface area contributed by atoms with Gasteiger partial charge in [0, 0.05) is 31.7 Å². The van der Waals surface area contributed by atoms with Crippen molar-refractivity contribution in [2.75, 3.05) is 26.2 Å². The Morgan fingerprint density at radius 2 is 1.83 bits per heavy atom. The van der Waals surface area contributed by atoms with Crippen molar-refractivity contribution in [1.82, 2.24) is 15.5 Å². The number of amides is 3. The van der Waals surface area contributed by atoms with Crippen LogP contribution >= 0.6 is 12.4 Å². The number of benzene rings is 1. The molecular weight excluding hydrogens is 328 g/mol. The molecule has 2 aliphatic heterocycles. The highest BCUT2D eigenvalue weighted by atomic mass is 35.5. The van der Waals surface area contributed by atoms with Crippen molar-refractivity contribution >= 4 is 24.3 Å². The van der Waals surface area contributed by atoms with Gasteiger partial charge in [0.1, 0.15) is 0 Å². The third-order valence-electron chi connectivity index (χ3n) is 5.11. The molecule has 6 nitrogen and oxygen atoms in total. The molecule has 4 N–H and O–H groups in total.